The van der Waals surface area contributed by atoms with Gasteiger partial charge in [-0.05, 0) is 60.2 Å². The van der Waals surface area contributed by atoms with Gasteiger partial charge in [-0.2, -0.15) is 0 Å². The summed E-state index contributed by atoms with van der Waals surface area (Å²) >= 11 is 0. The fourth-order valence-corrected chi connectivity index (χ4v) is 2.91. The van der Waals surface area contributed by atoms with Crippen molar-refractivity contribution in [2.75, 3.05) is 0 Å². The molecule has 0 bridgehead atoms. The number of hydrogen-bond acceptors (Lipinski definition) is 1. The summed E-state index contributed by atoms with van der Waals surface area (Å²) in [4.78, 5) is 0. The molecule has 0 amide bonds. The average Bonchev–Trinajstić information content (AvgIpc) is 2.77. The van der Waals surface area contributed by atoms with E-state index in [0.29, 0.717) is 0 Å². The lowest BCUT2D eigenvalue weighted by atomic mass is 9.94. The largest absolute Gasteiger partial charge is 0.573 e. The van der Waals surface area contributed by atoms with Crippen LogP contribution < -0.4 is 4.74 Å². The van der Waals surface area contributed by atoms with E-state index >= 15 is 0 Å². The molecule has 0 spiro atoms. The molecule has 1 aliphatic rings. The monoisotopic (exact) mass is 304 g/mol. The minimum atomic E-state index is -4.66. The molecule has 2 aromatic carbocycles. The maximum atomic E-state index is 12.3. The number of halogens is 3. The molecule has 0 saturated carbocycles. The highest BCUT2D eigenvalue weighted by Crippen LogP contribution is 2.36. The maximum Gasteiger partial charge on any atom is 0.573 e. The van der Waals surface area contributed by atoms with Crippen molar-refractivity contribution < 1.29 is 17.9 Å². The molecule has 0 unspecified atom stereocenters. The molecule has 114 valence electrons. The van der Waals surface area contributed by atoms with Gasteiger partial charge in [0.25, 0.3) is 0 Å². The van der Waals surface area contributed by atoms with Gasteiger partial charge in [0.05, 0.1) is 0 Å². The van der Waals surface area contributed by atoms with Gasteiger partial charge in [0.1, 0.15) is 5.75 Å². The van der Waals surface area contributed by atoms with Gasteiger partial charge < -0.3 is 4.74 Å². The van der Waals surface area contributed by atoms with Crippen molar-refractivity contribution in [1.29, 1.82) is 0 Å². The van der Waals surface area contributed by atoms with Gasteiger partial charge in [-0.1, -0.05) is 35.9 Å². The first-order valence-electron chi connectivity index (χ1n) is 6.99. The number of alkyl halides is 3. The van der Waals surface area contributed by atoms with Gasteiger partial charge in [-0.25, -0.2) is 0 Å². The van der Waals surface area contributed by atoms with E-state index in [1.54, 1.807) is 13.0 Å². The highest BCUT2D eigenvalue weighted by molar-refractivity contribution is 5.82. The Bertz CT molecular complexity index is 757. The van der Waals surface area contributed by atoms with Crippen molar-refractivity contribution in [3.8, 4) is 16.9 Å². The zero-order valence-electron chi connectivity index (χ0n) is 12.3. The van der Waals surface area contributed by atoms with Crippen molar-refractivity contribution in [2.45, 2.75) is 26.6 Å². The second kappa shape index (κ2) is 5.20. The molecule has 0 N–H and O–H groups in total. The average molecular weight is 304 g/mol. The number of ether oxygens (including phenoxy) is 1. The van der Waals surface area contributed by atoms with Crippen molar-refractivity contribution in [2.24, 2.45) is 0 Å². The van der Waals surface area contributed by atoms with Gasteiger partial charge in [-0.3, -0.25) is 0 Å². The van der Waals surface area contributed by atoms with Crippen molar-refractivity contribution in [3.63, 3.8) is 0 Å². The summed E-state index contributed by atoms with van der Waals surface area (Å²) in [6.07, 6.45) is -1.59. The molecule has 4 heteroatoms. The van der Waals surface area contributed by atoms with Gasteiger partial charge in [0.2, 0.25) is 0 Å². The molecule has 1 aliphatic carbocycles. The van der Waals surface area contributed by atoms with Crippen LogP contribution in [0.4, 0.5) is 13.2 Å². The van der Waals surface area contributed by atoms with E-state index < -0.39 is 6.36 Å². The third-order valence-electron chi connectivity index (χ3n) is 3.78. The zero-order chi connectivity index (χ0) is 15.9. The summed E-state index contributed by atoms with van der Waals surface area (Å²) in [5.41, 5.74) is 6.44. The van der Waals surface area contributed by atoms with Crippen LogP contribution >= 0.6 is 0 Å². The van der Waals surface area contributed by atoms with Crippen LogP contribution in [0.5, 0.6) is 5.75 Å². The first-order valence-corrected chi connectivity index (χ1v) is 6.99. The van der Waals surface area contributed by atoms with Gasteiger partial charge in [0.15, 0.2) is 0 Å². The number of allylic oxidation sites excluding steroid dienone is 1. The smallest absolute Gasteiger partial charge is 0.406 e. The molecule has 22 heavy (non-hydrogen) atoms. The molecule has 1 nitrogen and oxygen atoms in total. The molecule has 0 saturated heterocycles. The van der Waals surface area contributed by atoms with Crippen LogP contribution in [0, 0.1) is 6.92 Å². The Morgan fingerprint density at radius 1 is 1.00 bits per heavy atom. The van der Waals surface area contributed by atoms with Gasteiger partial charge in [0, 0.05) is 0 Å². The highest BCUT2D eigenvalue weighted by atomic mass is 19.4. The van der Waals surface area contributed by atoms with Crippen LogP contribution in [-0.2, 0) is 6.42 Å². The first kappa shape index (κ1) is 14.7. The van der Waals surface area contributed by atoms with Crippen LogP contribution in [0.25, 0.3) is 17.2 Å². The third-order valence-corrected chi connectivity index (χ3v) is 3.78. The Morgan fingerprint density at radius 3 is 2.45 bits per heavy atom. The maximum absolute atomic E-state index is 12.3. The Morgan fingerprint density at radius 2 is 1.77 bits per heavy atom. The topological polar surface area (TPSA) is 9.23 Å². The second-order valence-corrected chi connectivity index (χ2v) is 5.57. The summed E-state index contributed by atoms with van der Waals surface area (Å²) in [5, 5.41) is 0. The molecular formula is C18H15F3O. The molecule has 0 aliphatic heterocycles. The molecule has 0 aromatic heterocycles. The normalized spacial score (nSPS) is 13.8. The second-order valence-electron chi connectivity index (χ2n) is 5.57. The molecular weight excluding hydrogens is 289 g/mol. The van der Waals surface area contributed by atoms with Gasteiger partial charge in [-0.15, -0.1) is 13.2 Å². The van der Waals surface area contributed by atoms with Gasteiger partial charge >= 0.3 is 6.36 Å². The Balaban J connectivity index is 2.02. The summed E-state index contributed by atoms with van der Waals surface area (Å²) in [6.45, 7) is 3.88. The molecule has 0 heterocycles. The summed E-state index contributed by atoms with van der Waals surface area (Å²) in [5.74, 6) is -0.187. The number of rotatable bonds is 2. The van der Waals surface area contributed by atoms with E-state index in [2.05, 4.69) is 23.8 Å². The fourth-order valence-electron chi connectivity index (χ4n) is 2.91. The number of fused-ring (bicyclic) bond motifs is 1. The molecule has 2 aromatic rings. The number of benzene rings is 2. The van der Waals surface area contributed by atoms with Crippen LogP contribution in [0.3, 0.4) is 0 Å². The van der Waals surface area contributed by atoms with Crippen LogP contribution in [-0.4, -0.2) is 6.36 Å². The highest BCUT2D eigenvalue weighted by Gasteiger charge is 2.31. The van der Waals surface area contributed by atoms with Crippen molar-refractivity contribution in [1.82, 2.24) is 0 Å². The lowest BCUT2D eigenvalue weighted by Gasteiger charge is -2.14. The van der Waals surface area contributed by atoms with Crippen LogP contribution in [0.1, 0.15) is 23.6 Å². The lowest BCUT2D eigenvalue weighted by Crippen LogP contribution is -2.17. The van der Waals surface area contributed by atoms with Crippen molar-refractivity contribution >= 4 is 6.08 Å². The predicted molar refractivity (Wildman–Crippen MR) is 80.7 cm³/mol. The minimum Gasteiger partial charge on any atom is -0.406 e. The molecule has 0 fully saturated rings. The summed E-state index contributed by atoms with van der Waals surface area (Å²) in [6, 6.07) is 10.5. The fraction of sp³-hybridized carbons (Fsp3) is 0.222. The van der Waals surface area contributed by atoms with E-state index in [9.17, 15) is 13.2 Å². The van der Waals surface area contributed by atoms with E-state index in [4.69, 9.17) is 0 Å². The standard InChI is InChI=1S/C18H15F3O/c1-11-8-13-4-3-5-16(17(13)9-11)15-7-6-14(10-12(15)2)22-18(19,20)21/h3-7,9-10H,8H2,1-2H3. The SMILES string of the molecule is CC1=Cc2c(cccc2-c2ccc(OC(F)(F)F)cc2C)C1. The first-order chi connectivity index (χ1) is 10.3. The Kier molecular flexibility index (Phi) is 3.47. The summed E-state index contributed by atoms with van der Waals surface area (Å²) < 4.78 is 40.8. The summed E-state index contributed by atoms with van der Waals surface area (Å²) in [7, 11) is 0. The van der Waals surface area contributed by atoms with Crippen LogP contribution in [0.2, 0.25) is 0 Å². The number of hydrogen-bond donors (Lipinski definition) is 0. The molecule has 0 radical (unpaired) electrons. The van der Waals surface area contributed by atoms with Crippen molar-refractivity contribution in [3.05, 3.63) is 58.7 Å². The Hall–Kier alpha value is -2.23. The minimum absolute atomic E-state index is 0.187. The van der Waals surface area contributed by atoms with E-state index in [1.165, 1.54) is 23.3 Å². The number of aryl methyl sites for hydroxylation is 1. The lowest BCUT2D eigenvalue weighted by molar-refractivity contribution is -0.274. The van der Waals surface area contributed by atoms with E-state index in [1.807, 2.05) is 12.1 Å². The molecule has 0 atom stereocenters. The van der Waals surface area contributed by atoms with E-state index in [-0.39, 0.29) is 5.75 Å². The molecule has 3 rings (SSSR count). The zero-order valence-corrected chi connectivity index (χ0v) is 12.3. The third kappa shape index (κ3) is 2.86. The Labute approximate surface area is 127 Å². The van der Waals surface area contributed by atoms with E-state index in [0.717, 1.165) is 28.7 Å². The quantitative estimate of drug-likeness (QED) is 0.710. The predicted octanol–water partition coefficient (Wildman–Crippen LogP) is 5.52. The van der Waals surface area contributed by atoms with Crippen LogP contribution in [0.15, 0.2) is 42.0 Å².